The molecule has 3 fully saturated rings. The Hall–Kier alpha value is -2.78. The maximum Gasteiger partial charge on any atom is 0.251 e. The van der Waals surface area contributed by atoms with Gasteiger partial charge in [0.05, 0.1) is 16.6 Å². The molecule has 1 aromatic rings. The molecule has 8 nitrogen and oxygen atoms in total. The van der Waals surface area contributed by atoms with Crippen LogP contribution >= 0.6 is 11.8 Å². The van der Waals surface area contributed by atoms with Crippen LogP contribution in [0.4, 0.5) is 11.4 Å². The normalized spacial score (nSPS) is 26.6. The lowest BCUT2D eigenvalue weighted by molar-refractivity contribution is -0.144. The van der Waals surface area contributed by atoms with Gasteiger partial charge in [-0.15, -0.1) is 24.9 Å². The van der Waals surface area contributed by atoms with Gasteiger partial charge in [-0.25, -0.2) is 0 Å². The summed E-state index contributed by atoms with van der Waals surface area (Å²) in [5.74, 6) is -1.00. The maximum atomic E-state index is 15.0. The quantitative estimate of drug-likeness (QED) is 0.172. The van der Waals surface area contributed by atoms with Crippen molar-refractivity contribution in [3.8, 4) is 0 Å². The predicted octanol–water partition coefficient (Wildman–Crippen LogP) is 5.37. The summed E-state index contributed by atoms with van der Waals surface area (Å²) >= 11 is 1.73. The number of likely N-dealkylation sites (tertiary alicyclic amines) is 1. The number of anilines is 2. The smallest absolute Gasteiger partial charge is 0.251 e. The van der Waals surface area contributed by atoms with Gasteiger partial charge in [0.2, 0.25) is 11.8 Å². The van der Waals surface area contributed by atoms with Crippen LogP contribution in [-0.4, -0.2) is 94.5 Å². The van der Waals surface area contributed by atoms with Crippen molar-refractivity contribution in [2.45, 2.75) is 82.3 Å². The van der Waals surface area contributed by atoms with E-state index in [-0.39, 0.29) is 35.5 Å². The minimum Gasteiger partial charge on any atom is -0.396 e. The minimum absolute atomic E-state index is 0.00818. The predicted molar refractivity (Wildman–Crippen MR) is 186 cm³/mol. The number of benzene rings is 1. The molecule has 3 saturated heterocycles. The second-order valence-electron chi connectivity index (χ2n) is 12.7. The van der Waals surface area contributed by atoms with Crippen LogP contribution in [0.3, 0.4) is 0 Å². The zero-order chi connectivity index (χ0) is 32.7. The minimum atomic E-state index is -0.670. The lowest BCUT2D eigenvalue weighted by Crippen LogP contribution is -2.57. The van der Waals surface area contributed by atoms with Gasteiger partial charge in [0.1, 0.15) is 6.04 Å². The molecule has 1 aromatic carbocycles. The van der Waals surface area contributed by atoms with Crippen LogP contribution in [-0.2, 0) is 14.4 Å². The highest BCUT2D eigenvalue weighted by Crippen LogP contribution is 2.69. The Morgan fingerprint density at radius 1 is 1.00 bits per heavy atom. The molecule has 3 heterocycles. The number of nitrogens with zero attached hydrogens (tertiary/aromatic N) is 4. The van der Waals surface area contributed by atoms with Crippen LogP contribution in [0.2, 0.25) is 0 Å². The van der Waals surface area contributed by atoms with E-state index in [0.717, 1.165) is 63.0 Å². The van der Waals surface area contributed by atoms with Crippen molar-refractivity contribution >= 4 is 40.9 Å². The van der Waals surface area contributed by atoms with Crippen molar-refractivity contribution in [3.05, 3.63) is 49.6 Å². The molecular weight excluding hydrogens is 584 g/mol. The van der Waals surface area contributed by atoms with E-state index in [9.17, 15) is 19.5 Å². The van der Waals surface area contributed by atoms with E-state index in [1.54, 1.807) is 28.8 Å². The molecular formula is C36H54N4O4S. The number of carbonyl (C=O) groups is 3. The fraction of sp³-hybridized carbons (Fsp3) is 0.639. The third kappa shape index (κ3) is 6.57. The molecule has 4 rings (SSSR count). The molecule has 0 aromatic heterocycles. The molecule has 9 heteroatoms. The third-order valence-electron chi connectivity index (χ3n) is 10.1. The van der Waals surface area contributed by atoms with Gasteiger partial charge in [-0.2, -0.15) is 0 Å². The van der Waals surface area contributed by atoms with Crippen molar-refractivity contribution in [3.63, 3.8) is 0 Å². The van der Waals surface area contributed by atoms with E-state index in [1.165, 1.54) is 0 Å². The Morgan fingerprint density at radius 3 is 2.24 bits per heavy atom. The van der Waals surface area contributed by atoms with Gasteiger partial charge in [0.15, 0.2) is 0 Å². The zero-order valence-corrected chi connectivity index (χ0v) is 28.6. The van der Waals surface area contributed by atoms with Crippen molar-refractivity contribution < 1.29 is 19.5 Å². The summed E-state index contributed by atoms with van der Waals surface area (Å²) in [6.07, 6.45) is 8.35. The van der Waals surface area contributed by atoms with E-state index in [4.69, 9.17) is 0 Å². The van der Waals surface area contributed by atoms with Crippen molar-refractivity contribution in [2.75, 3.05) is 55.7 Å². The molecule has 3 unspecified atom stereocenters. The summed E-state index contributed by atoms with van der Waals surface area (Å²) in [4.78, 5) is 51.5. The summed E-state index contributed by atoms with van der Waals surface area (Å²) in [5, 5.41) is 9.28. The Morgan fingerprint density at radius 2 is 1.64 bits per heavy atom. The van der Waals surface area contributed by atoms with Gasteiger partial charge >= 0.3 is 0 Å². The lowest BCUT2D eigenvalue weighted by atomic mass is 9.65. The highest BCUT2D eigenvalue weighted by molar-refractivity contribution is 8.02. The summed E-state index contributed by atoms with van der Waals surface area (Å²) in [5.41, 5.74) is 1.88. The second kappa shape index (κ2) is 15.7. The van der Waals surface area contributed by atoms with Gasteiger partial charge in [-0.1, -0.05) is 38.8 Å². The highest BCUT2D eigenvalue weighted by Gasteiger charge is 2.76. The van der Waals surface area contributed by atoms with Crippen molar-refractivity contribution in [1.82, 2.24) is 9.80 Å². The van der Waals surface area contributed by atoms with Crippen molar-refractivity contribution in [2.24, 2.45) is 17.8 Å². The maximum absolute atomic E-state index is 15.0. The number of unbranched alkanes of at least 4 members (excludes halogenated alkanes) is 3. The fourth-order valence-corrected chi connectivity index (χ4v) is 10.4. The molecule has 0 aliphatic carbocycles. The number of hydrogen-bond donors (Lipinski definition) is 1. The molecule has 1 N–H and O–H groups in total. The summed E-state index contributed by atoms with van der Waals surface area (Å²) in [6, 6.07) is 7.43. The number of carbonyl (C=O) groups excluding carboxylic acids is 3. The first-order chi connectivity index (χ1) is 21.7. The highest BCUT2D eigenvalue weighted by atomic mass is 32.2. The van der Waals surface area contributed by atoms with Crippen LogP contribution in [0.25, 0.3) is 0 Å². The van der Waals surface area contributed by atoms with Crippen LogP contribution in [0.5, 0.6) is 0 Å². The SMILES string of the molecule is C=CCN(CCC)C(=O)[C@@H]1[C@@H]2CC(C)C3(S2)C(C(=O)N(CC=C)c2ccc(N(CC)CC)cc2)N(CCCCCCO)C(=O)[C@H]13. The van der Waals surface area contributed by atoms with Crippen molar-refractivity contribution in [1.29, 1.82) is 0 Å². The lowest BCUT2D eigenvalue weighted by Gasteiger charge is -2.41. The van der Waals surface area contributed by atoms with Gasteiger partial charge < -0.3 is 24.7 Å². The fourth-order valence-electron chi connectivity index (χ4n) is 8.03. The number of aliphatic hydroxyl groups excluding tert-OH is 1. The Balaban J connectivity index is 1.74. The van der Waals surface area contributed by atoms with Crippen LogP contribution in [0.15, 0.2) is 49.6 Å². The Kier molecular flexibility index (Phi) is 12.2. The van der Waals surface area contributed by atoms with Crippen LogP contribution in [0.1, 0.15) is 66.2 Å². The first-order valence-electron chi connectivity index (χ1n) is 17.0. The number of rotatable bonds is 18. The first-order valence-corrected chi connectivity index (χ1v) is 17.9. The summed E-state index contributed by atoms with van der Waals surface area (Å²) in [6.45, 7) is 20.1. The van der Waals surface area contributed by atoms with E-state index in [0.29, 0.717) is 26.2 Å². The van der Waals surface area contributed by atoms with Crippen LogP contribution < -0.4 is 9.80 Å². The zero-order valence-electron chi connectivity index (χ0n) is 27.8. The van der Waals surface area contributed by atoms with E-state index in [2.05, 4.69) is 57.9 Å². The molecule has 3 amide bonds. The van der Waals surface area contributed by atoms with Crippen LogP contribution in [0, 0.1) is 17.8 Å². The third-order valence-corrected chi connectivity index (χ3v) is 12.2. The second-order valence-corrected chi connectivity index (χ2v) is 14.3. The molecule has 3 aliphatic rings. The Labute approximate surface area is 274 Å². The summed E-state index contributed by atoms with van der Waals surface area (Å²) < 4.78 is -0.670. The molecule has 6 atom stereocenters. The first kappa shape index (κ1) is 35.1. The largest absolute Gasteiger partial charge is 0.396 e. The van der Waals surface area contributed by atoms with Gasteiger partial charge in [0.25, 0.3) is 5.91 Å². The number of fused-ring (bicyclic) bond motifs is 1. The Bertz CT molecular complexity index is 1200. The molecule has 0 saturated carbocycles. The monoisotopic (exact) mass is 638 g/mol. The summed E-state index contributed by atoms with van der Waals surface area (Å²) in [7, 11) is 0. The van der Waals surface area contributed by atoms with Gasteiger partial charge in [0, 0.05) is 62.5 Å². The number of amides is 3. The van der Waals surface area contributed by atoms with Gasteiger partial charge in [-0.05, 0) is 69.7 Å². The molecule has 248 valence electrons. The molecule has 3 aliphatic heterocycles. The average Bonchev–Trinajstić information content (AvgIpc) is 3.63. The molecule has 0 radical (unpaired) electrons. The van der Waals surface area contributed by atoms with Gasteiger partial charge in [-0.3, -0.25) is 14.4 Å². The average molecular weight is 639 g/mol. The van der Waals surface area contributed by atoms with E-state index in [1.807, 2.05) is 21.9 Å². The van der Waals surface area contributed by atoms with E-state index < -0.39 is 22.6 Å². The molecule has 1 spiro atoms. The number of aliphatic hydroxyl groups is 1. The molecule has 2 bridgehead atoms. The van der Waals surface area contributed by atoms with E-state index >= 15 is 0 Å². The topological polar surface area (TPSA) is 84.4 Å². The molecule has 45 heavy (non-hydrogen) atoms. The standard InChI is InChI=1S/C36H54N4O4S/c1-7-20-38(21-8-2)33(42)30-29-25-26(6)36(45-29)31(30)34(43)40(23-14-12-13-15-24-41)32(36)35(44)39(22-9-3)28-18-16-27(17-19-28)37(10-4)11-5/h7,9,16-19,26,29-32,41H,1,3,8,10-15,20-25H2,2,4-6H3/t26?,29-,30+,31-,32?,36?/m0/s1. The number of thioether (sulfide) groups is 1. The number of hydrogen-bond acceptors (Lipinski definition) is 6.